The first-order valence-electron chi connectivity index (χ1n) is 9.09. The number of aromatic nitrogens is 3. The van der Waals surface area contributed by atoms with E-state index in [2.05, 4.69) is 10.3 Å². The molecule has 3 aromatic heterocycles. The smallest absolute Gasteiger partial charge is 0.257 e. The number of nitrogens with one attached hydrogen (secondary N) is 1. The maximum Gasteiger partial charge on any atom is 0.257 e. The van der Waals surface area contributed by atoms with Gasteiger partial charge in [0.25, 0.3) is 12.2 Å². The molecule has 0 fully saturated rings. The van der Waals surface area contributed by atoms with Gasteiger partial charge in [0.15, 0.2) is 5.52 Å². The molecular formula is C22H21N4O2+. The molecule has 0 radical (unpaired) electrons. The Morgan fingerprint density at radius 1 is 1.18 bits per heavy atom. The number of amides is 1. The van der Waals surface area contributed by atoms with Crippen LogP contribution in [0.4, 0.5) is 0 Å². The van der Waals surface area contributed by atoms with Crippen molar-refractivity contribution in [3.8, 4) is 11.4 Å². The number of methoxy groups -OCH3 is 1. The third-order valence-corrected chi connectivity index (χ3v) is 4.64. The van der Waals surface area contributed by atoms with Crippen LogP contribution in [0.25, 0.3) is 11.2 Å². The highest BCUT2D eigenvalue weighted by atomic mass is 16.5. The second kappa shape index (κ2) is 7.92. The van der Waals surface area contributed by atoms with Crippen molar-refractivity contribution in [1.82, 2.24) is 14.7 Å². The quantitative estimate of drug-likeness (QED) is 0.529. The molecule has 0 aliphatic carbocycles. The maximum absolute atomic E-state index is 12.8. The molecule has 4 rings (SSSR count). The molecule has 1 N–H and O–H groups in total. The summed E-state index contributed by atoms with van der Waals surface area (Å²) in [6, 6.07) is 15.6. The van der Waals surface area contributed by atoms with Gasteiger partial charge in [-0.1, -0.05) is 24.3 Å². The first-order valence-corrected chi connectivity index (χ1v) is 9.09. The van der Waals surface area contributed by atoms with Crippen molar-refractivity contribution in [1.29, 1.82) is 0 Å². The van der Waals surface area contributed by atoms with E-state index in [9.17, 15) is 4.79 Å². The van der Waals surface area contributed by atoms with E-state index in [-0.39, 0.29) is 5.91 Å². The molecule has 6 nitrogen and oxygen atoms in total. The van der Waals surface area contributed by atoms with Crippen molar-refractivity contribution >= 4 is 11.4 Å². The van der Waals surface area contributed by atoms with E-state index in [0.29, 0.717) is 18.5 Å². The van der Waals surface area contributed by atoms with Crippen molar-refractivity contribution in [3.63, 3.8) is 0 Å². The Bertz CT molecular complexity index is 1090. The van der Waals surface area contributed by atoms with Gasteiger partial charge in [-0.2, -0.15) is 0 Å². The van der Waals surface area contributed by atoms with E-state index < -0.39 is 0 Å². The molecule has 6 heteroatoms. The molecule has 3 heterocycles. The van der Waals surface area contributed by atoms with Gasteiger partial charge in [0, 0.05) is 25.0 Å². The number of carbonyl (C=O) groups is 1. The zero-order valence-electron chi connectivity index (χ0n) is 15.6. The highest BCUT2D eigenvalue weighted by Gasteiger charge is 2.18. The van der Waals surface area contributed by atoms with E-state index in [4.69, 9.17) is 4.74 Å². The Kier molecular flexibility index (Phi) is 5.01. The van der Waals surface area contributed by atoms with E-state index >= 15 is 0 Å². The maximum atomic E-state index is 12.8. The average molecular weight is 373 g/mol. The molecule has 140 valence electrons. The lowest BCUT2D eigenvalue weighted by Crippen LogP contribution is -2.34. The highest BCUT2D eigenvalue weighted by Crippen LogP contribution is 2.17. The zero-order valence-corrected chi connectivity index (χ0v) is 15.6. The van der Waals surface area contributed by atoms with Crippen molar-refractivity contribution in [3.05, 3.63) is 90.8 Å². The molecule has 0 bridgehead atoms. The van der Waals surface area contributed by atoms with Crippen LogP contribution in [0.5, 0.6) is 5.75 Å². The number of rotatable bonds is 6. The van der Waals surface area contributed by atoms with Crippen LogP contribution in [0.3, 0.4) is 0 Å². The number of carbonyl (C=O) groups excluding carboxylic acids is 1. The molecule has 1 aromatic carbocycles. The molecule has 1 amide bonds. The van der Waals surface area contributed by atoms with Gasteiger partial charge in [-0.25, -0.2) is 8.97 Å². The number of imidazole rings is 1. The number of hydrogen-bond acceptors (Lipinski definition) is 3. The summed E-state index contributed by atoms with van der Waals surface area (Å²) < 4.78 is 9.31. The molecule has 0 spiro atoms. The summed E-state index contributed by atoms with van der Waals surface area (Å²) in [5.41, 5.74) is 3.42. The summed E-state index contributed by atoms with van der Waals surface area (Å²) in [7, 11) is 1.65. The lowest BCUT2D eigenvalue weighted by Gasteiger charge is -2.10. The minimum absolute atomic E-state index is 0.152. The van der Waals surface area contributed by atoms with Crippen LogP contribution in [-0.4, -0.2) is 28.9 Å². The van der Waals surface area contributed by atoms with E-state index in [1.807, 2.05) is 76.2 Å². The molecule has 0 saturated heterocycles. The standard InChI is InChI=1S/C22H20N4O2/c1-28-21-8-3-2-6-17(21)9-12-24-22(27)19-14-23-11-10-20(19)26-15-18-7-4-5-13-25(18)16-26/h2-8,10-11,13-16H,9,12H2,1H3/p+1. The number of ether oxygens (including phenoxy) is 1. The van der Waals surface area contributed by atoms with Crippen molar-refractivity contribution in [2.24, 2.45) is 0 Å². The Hall–Kier alpha value is -3.67. The van der Waals surface area contributed by atoms with Gasteiger partial charge in [-0.05, 0) is 30.2 Å². The van der Waals surface area contributed by atoms with Crippen molar-refractivity contribution in [2.45, 2.75) is 6.42 Å². The molecule has 4 aromatic rings. The third-order valence-electron chi connectivity index (χ3n) is 4.64. The van der Waals surface area contributed by atoms with Crippen LogP contribution >= 0.6 is 0 Å². The Morgan fingerprint density at radius 3 is 2.89 bits per heavy atom. The van der Waals surface area contributed by atoms with Gasteiger partial charge in [0.2, 0.25) is 0 Å². The fourth-order valence-electron chi connectivity index (χ4n) is 3.23. The topological polar surface area (TPSA) is 59.5 Å². The van der Waals surface area contributed by atoms with Gasteiger partial charge >= 0.3 is 0 Å². The molecule has 0 aliphatic rings. The van der Waals surface area contributed by atoms with Crippen LogP contribution in [0.15, 0.2) is 79.6 Å². The second-order valence-corrected chi connectivity index (χ2v) is 6.40. The second-order valence-electron chi connectivity index (χ2n) is 6.40. The van der Waals surface area contributed by atoms with E-state index in [1.54, 1.807) is 19.5 Å². The largest absolute Gasteiger partial charge is 0.496 e. The van der Waals surface area contributed by atoms with Crippen molar-refractivity contribution in [2.75, 3.05) is 13.7 Å². The first kappa shape index (κ1) is 17.7. The van der Waals surface area contributed by atoms with Gasteiger partial charge in [-0.15, -0.1) is 0 Å². The fraction of sp³-hybridized carbons (Fsp3) is 0.136. The Labute approximate surface area is 163 Å². The molecule has 0 aliphatic heterocycles. The van der Waals surface area contributed by atoms with Crippen LogP contribution in [-0.2, 0) is 6.42 Å². The molecule has 28 heavy (non-hydrogen) atoms. The number of hydrogen-bond donors (Lipinski definition) is 1. The summed E-state index contributed by atoms with van der Waals surface area (Å²) in [4.78, 5) is 16.9. The number of fused-ring (bicyclic) bond motifs is 1. The summed E-state index contributed by atoms with van der Waals surface area (Å²) >= 11 is 0. The van der Waals surface area contributed by atoms with Gasteiger partial charge < -0.3 is 10.1 Å². The molecular weight excluding hydrogens is 352 g/mol. The fourth-order valence-corrected chi connectivity index (χ4v) is 3.23. The van der Waals surface area contributed by atoms with Crippen LogP contribution in [0, 0.1) is 0 Å². The van der Waals surface area contributed by atoms with Crippen molar-refractivity contribution < 1.29 is 14.1 Å². The molecule has 0 unspecified atom stereocenters. The Morgan fingerprint density at radius 2 is 2.04 bits per heavy atom. The zero-order chi connectivity index (χ0) is 19.3. The monoisotopic (exact) mass is 373 g/mol. The van der Waals surface area contributed by atoms with Crippen LogP contribution in [0.1, 0.15) is 15.9 Å². The van der Waals surface area contributed by atoms with Crippen LogP contribution in [0.2, 0.25) is 0 Å². The van der Waals surface area contributed by atoms with E-state index in [0.717, 1.165) is 22.5 Å². The normalized spacial score (nSPS) is 10.8. The Balaban J connectivity index is 1.52. The average Bonchev–Trinajstić information content (AvgIpc) is 3.18. The summed E-state index contributed by atoms with van der Waals surface area (Å²) in [5.74, 6) is 0.677. The van der Waals surface area contributed by atoms with Crippen LogP contribution < -0.4 is 14.6 Å². The third kappa shape index (κ3) is 3.57. The molecule has 0 atom stereocenters. The minimum Gasteiger partial charge on any atom is -0.496 e. The number of benzene rings is 1. The van der Waals surface area contributed by atoms with Gasteiger partial charge in [0.1, 0.15) is 23.2 Å². The molecule has 0 saturated carbocycles. The number of para-hydroxylation sites is 1. The highest BCUT2D eigenvalue weighted by molar-refractivity contribution is 5.96. The summed E-state index contributed by atoms with van der Waals surface area (Å²) in [5, 5.41) is 2.99. The van der Waals surface area contributed by atoms with E-state index in [1.165, 1.54) is 0 Å². The summed E-state index contributed by atoms with van der Waals surface area (Å²) in [6.07, 6.45) is 9.88. The SMILES string of the molecule is COc1ccccc1CCNC(=O)c1cnccc1-[n+]1cc2ccccn2c1. The number of pyridine rings is 2. The lowest BCUT2D eigenvalue weighted by molar-refractivity contribution is -0.594. The predicted molar refractivity (Wildman–Crippen MR) is 106 cm³/mol. The first-order chi connectivity index (χ1) is 13.8. The predicted octanol–water partition coefficient (Wildman–Crippen LogP) is 2.59. The number of nitrogens with zero attached hydrogens (tertiary/aromatic N) is 3. The summed E-state index contributed by atoms with van der Waals surface area (Å²) in [6.45, 7) is 0.510. The van der Waals surface area contributed by atoms with Gasteiger partial charge in [-0.3, -0.25) is 9.78 Å². The lowest BCUT2D eigenvalue weighted by atomic mass is 10.1. The minimum atomic E-state index is -0.152. The van der Waals surface area contributed by atoms with Gasteiger partial charge in [0.05, 0.1) is 13.3 Å².